The topological polar surface area (TPSA) is 23.8 Å². The highest BCUT2D eigenvalue weighted by molar-refractivity contribution is 9.11. The van der Waals surface area contributed by atoms with Crippen molar-refractivity contribution in [2.75, 3.05) is 0 Å². The zero-order chi connectivity index (χ0) is 8.10. The molecule has 1 aromatic rings. The van der Waals surface area contributed by atoms with Gasteiger partial charge in [0.25, 0.3) is 0 Å². The molecule has 1 rings (SSSR count). The van der Waals surface area contributed by atoms with Crippen LogP contribution in [-0.4, -0.2) is 0 Å². The Morgan fingerprint density at radius 3 is 2.36 bits per heavy atom. The lowest BCUT2D eigenvalue weighted by atomic mass is 10.1. The van der Waals surface area contributed by atoms with E-state index in [4.69, 9.17) is 5.26 Å². The molecule has 0 aliphatic heterocycles. The van der Waals surface area contributed by atoms with E-state index in [0.717, 1.165) is 5.56 Å². The molecule has 0 N–H and O–H groups in total. The standard InChI is InChI=1S/C9H6BrN/c10-6-5-8-1-3-9(7-11)4-2-8/h1-6H/b6-5+. The first-order chi connectivity index (χ1) is 5.36. The third-order valence-electron chi connectivity index (χ3n) is 1.30. The number of halogens is 1. The Balaban J connectivity index is 2.94. The normalized spacial score (nSPS) is 9.82. The summed E-state index contributed by atoms with van der Waals surface area (Å²) < 4.78 is 0. The molecule has 0 amide bonds. The molecule has 11 heavy (non-hydrogen) atoms. The summed E-state index contributed by atoms with van der Waals surface area (Å²) in [6.45, 7) is 0. The molecule has 0 bridgehead atoms. The van der Waals surface area contributed by atoms with Gasteiger partial charge in [0.15, 0.2) is 0 Å². The van der Waals surface area contributed by atoms with Gasteiger partial charge >= 0.3 is 0 Å². The van der Waals surface area contributed by atoms with Gasteiger partial charge in [-0.25, -0.2) is 0 Å². The summed E-state index contributed by atoms with van der Waals surface area (Å²) in [5, 5.41) is 8.48. The van der Waals surface area contributed by atoms with Gasteiger partial charge in [0.1, 0.15) is 0 Å². The van der Waals surface area contributed by atoms with Crippen LogP contribution in [0.3, 0.4) is 0 Å². The average molecular weight is 208 g/mol. The quantitative estimate of drug-likeness (QED) is 0.695. The van der Waals surface area contributed by atoms with E-state index in [0.29, 0.717) is 5.56 Å². The van der Waals surface area contributed by atoms with Crippen molar-refractivity contribution in [1.82, 2.24) is 0 Å². The molecule has 0 spiro atoms. The Labute approximate surface area is 74.1 Å². The molecular weight excluding hydrogens is 202 g/mol. The lowest BCUT2D eigenvalue weighted by Gasteiger charge is -1.90. The summed E-state index contributed by atoms with van der Waals surface area (Å²) in [5.74, 6) is 0. The molecule has 0 aliphatic rings. The summed E-state index contributed by atoms with van der Waals surface area (Å²) in [6, 6.07) is 9.45. The van der Waals surface area contributed by atoms with E-state index < -0.39 is 0 Å². The Kier molecular flexibility index (Phi) is 2.88. The van der Waals surface area contributed by atoms with Crippen LogP contribution in [0.5, 0.6) is 0 Å². The van der Waals surface area contributed by atoms with Crippen LogP contribution >= 0.6 is 15.9 Å². The minimum absolute atomic E-state index is 0.691. The van der Waals surface area contributed by atoms with Crippen molar-refractivity contribution < 1.29 is 0 Å². The van der Waals surface area contributed by atoms with Crippen LogP contribution in [0.4, 0.5) is 0 Å². The third-order valence-corrected chi connectivity index (χ3v) is 1.56. The fourth-order valence-electron chi connectivity index (χ4n) is 0.742. The Morgan fingerprint density at radius 1 is 1.27 bits per heavy atom. The molecule has 0 aromatic heterocycles. The Hall–Kier alpha value is -1.07. The molecule has 0 aliphatic carbocycles. The molecule has 1 aromatic carbocycles. The van der Waals surface area contributed by atoms with Crippen molar-refractivity contribution in [1.29, 1.82) is 5.26 Å². The van der Waals surface area contributed by atoms with Gasteiger partial charge in [-0.2, -0.15) is 5.26 Å². The summed E-state index contributed by atoms with van der Waals surface area (Å²) >= 11 is 3.18. The Bertz CT molecular complexity index is 292. The van der Waals surface area contributed by atoms with Crippen LogP contribution < -0.4 is 0 Å². The van der Waals surface area contributed by atoms with Gasteiger partial charge in [0, 0.05) is 0 Å². The van der Waals surface area contributed by atoms with Crippen molar-refractivity contribution >= 4 is 22.0 Å². The van der Waals surface area contributed by atoms with Gasteiger partial charge in [-0.3, -0.25) is 0 Å². The first kappa shape index (κ1) is 8.03. The number of nitriles is 1. The molecule has 2 heteroatoms. The zero-order valence-corrected chi connectivity index (χ0v) is 7.38. The molecular formula is C9H6BrN. The lowest BCUT2D eigenvalue weighted by Crippen LogP contribution is -1.73. The molecule has 0 fully saturated rings. The highest BCUT2D eigenvalue weighted by atomic mass is 79.9. The van der Waals surface area contributed by atoms with Crippen LogP contribution in [0.15, 0.2) is 29.3 Å². The average Bonchev–Trinajstić information content (AvgIpc) is 2.07. The smallest absolute Gasteiger partial charge is 0.0991 e. The van der Waals surface area contributed by atoms with Gasteiger partial charge in [-0.05, 0) is 28.8 Å². The van der Waals surface area contributed by atoms with Crippen LogP contribution in [0.2, 0.25) is 0 Å². The summed E-state index contributed by atoms with van der Waals surface area (Å²) in [5.41, 5.74) is 1.78. The number of rotatable bonds is 1. The fraction of sp³-hybridized carbons (Fsp3) is 0. The SMILES string of the molecule is N#Cc1ccc(/C=C/Br)cc1. The maximum Gasteiger partial charge on any atom is 0.0991 e. The molecule has 1 nitrogen and oxygen atoms in total. The minimum atomic E-state index is 0.691. The van der Waals surface area contributed by atoms with Gasteiger partial charge in [-0.1, -0.05) is 28.1 Å². The van der Waals surface area contributed by atoms with E-state index in [9.17, 15) is 0 Å². The second kappa shape index (κ2) is 3.95. The number of hydrogen-bond donors (Lipinski definition) is 0. The lowest BCUT2D eigenvalue weighted by molar-refractivity contribution is 1.48. The van der Waals surface area contributed by atoms with E-state index in [1.54, 1.807) is 17.1 Å². The second-order valence-electron chi connectivity index (χ2n) is 2.03. The zero-order valence-electron chi connectivity index (χ0n) is 5.79. The van der Waals surface area contributed by atoms with Crippen molar-refractivity contribution in [3.05, 3.63) is 40.4 Å². The molecule has 54 valence electrons. The van der Waals surface area contributed by atoms with Crippen molar-refractivity contribution in [2.45, 2.75) is 0 Å². The maximum absolute atomic E-state index is 8.48. The van der Waals surface area contributed by atoms with Gasteiger partial charge in [-0.15, -0.1) is 0 Å². The third kappa shape index (κ3) is 2.21. The first-order valence-electron chi connectivity index (χ1n) is 3.14. The largest absolute Gasteiger partial charge is 0.192 e. The van der Waals surface area contributed by atoms with Crippen molar-refractivity contribution in [3.8, 4) is 6.07 Å². The number of nitrogens with zero attached hydrogens (tertiary/aromatic N) is 1. The predicted octanol–water partition coefficient (Wildman–Crippen LogP) is 2.92. The fourth-order valence-corrected chi connectivity index (χ4v) is 1.05. The number of hydrogen-bond acceptors (Lipinski definition) is 1. The Morgan fingerprint density at radius 2 is 1.91 bits per heavy atom. The highest BCUT2D eigenvalue weighted by Gasteiger charge is 1.87. The van der Waals surface area contributed by atoms with Crippen molar-refractivity contribution in [2.24, 2.45) is 0 Å². The highest BCUT2D eigenvalue weighted by Crippen LogP contribution is 2.05. The molecule has 0 radical (unpaired) electrons. The predicted molar refractivity (Wildman–Crippen MR) is 49.1 cm³/mol. The second-order valence-corrected chi connectivity index (χ2v) is 2.56. The summed E-state index contributed by atoms with van der Waals surface area (Å²) in [7, 11) is 0. The molecule has 0 saturated heterocycles. The van der Waals surface area contributed by atoms with E-state index in [2.05, 4.69) is 22.0 Å². The van der Waals surface area contributed by atoms with E-state index in [1.807, 2.05) is 18.2 Å². The van der Waals surface area contributed by atoms with Crippen LogP contribution in [-0.2, 0) is 0 Å². The van der Waals surface area contributed by atoms with Gasteiger partial charge in [0.2, 0.25) is 0 Å². The van der Waals surface area contributed by atoms with Gasteiger partial charge in [0.05, 0.1) is 11.6 Å². The maximum atomic E-state index is 8.48. The van der Waals surface area contributed by atoms with Crippen molar-refractivity contribution in [3.63, 3.8) is 0 Å². The van der Waals surface area contributed by atoms with Crippen LogP contribution in [0, 0.1) is 11.3 Å². The van der Waals surface area contributed by atoms with E-state index in [1.165, 1.54) is 0 Å². The van der Waals surface area contributed by atoms with Crippen LogP contribution in [0.1, 0.15) is 11.1 Å². The van der Waals surface area contributed by atoms with E-state index >= 15 is 0 Å². The summed E-state index contributed by atoms with van der Waals surface area (Å²) in [6.07, 6.45) is 1.92. The monoisotopic (exact) mass is 207 g/mol. The molecule has 0 heterocycles. The molecule has 0 unspecified atom stereocenters. The molecule has 0 saturated carbocycles. The number of benzene rings is 1. The van der Waals surface area contributed by atoms with E-state index in [-0.39, 0.29) is 0 Å². The van der Waals surface area contributed by atoms with Crippen LogP contribution in [0.25, 0.3) is 6.08 Å². The first-order valence-corrected chi connectivity index (χ1v) is 4.05. The van der Waals surface area contributed by atoms with Gasteiger partial charge < -0.3 is 0 Å². The molecule has 0 atom stereocenters. The summed E-state index contributed by atoms with van der Waals surface area (Å²) in [4.78, 5) is 1.79. The minimum Gasteiger partial charge on any atom is -0.192 e.